The third-order valence-electron chi connectivity index (χ3n) is 0.632. The minimum atomic E-state index is 0. The second kappa shape index (κ2) is 90.1. The van der Waals surface area contributed by atoms with Crippen LogP contribution in [0.25, 0.3) is 0 Å². The maximum Gasteiger partial charge on any atom is 0.0974 e. The lowest BCUT2D eigenvalue weighted by atomic mass is 10.8. The topological polar surface area (TPSA) is 191 Å². The number of rotatable bonds is 4. The molecular formula is C8H32Cl4N4O4. The van der Waals surface area contributed by atoms with E-state index in [0.29, 0.717) is 26.2 Å². The highest BCUT2D eigenvalue weighted by atomic mass is 35.5. The molecule has 8 nitrogen and oxygen atoms in total. The summed E-state index contributed by atoms with van der Waals surface area (Å²) in [4.78, 5) is 0. The highest BCUT2D eigenvalue weighted by Crippen LogP contribution is 1.29. The van der Waals surface area contributed by atoms with Crippen LogP contribution in [0.1, 0.15) is 0 Å². The second-order valence-corrected chi connectivity index (χ2v) is 2.31. The molecule has 20 heavy (non-hydrogen) atoms. The molecule has 0 bridgehead atoms. The zero-order valence-corrected chi connectivity index (χ0v) is 14.8. The summed E-state index contributed by atoms with van der Waals surface area (Å²) >= 11 is 0. The average Bonchev–Trinajstić information content (AvgIpc) is 2.39. The van der Waals surface area contributed by atoms with Gasteiger partial charge in [-0.25, -0.2) is 0 Å². The van der Waals surface area contributed by atoms with Crippen LogP contribution in [0.3, 0.4) is 0 Å². The van der Waals surface area contributed by atoms with Crippen LogP contribution in [-0.2, 0) is 0 Å². The fourth-order valence-electron chi connectivity index (χ4n) is 0. The molecule has 12 heteroatoms. The fraction of sp³-hybridized carbons (Fsp3) is 1.00. The van der Waals surface area contributed by atoms with Crippen molar-refractivity contribution in [2.45, 2.75) is 0 Å². The van der Waals surface area contributed by atoms with Crippen LogP contribution < -0.4 is 72.6 Å². The van der Waals surface area contributed by atoms with E-state index in [2.05, 4.69) is 22.9 Å². The lowest BCUT2D eigenvalue weighted by Gasteiger charge is -1.67. The number of hydrogen-bond acceptors (Lipinski definition) is 4. The van der Waals surface area contributed by atoms with E-state index >= 15 is 0 Å². The standard InChI is InChI=1S/4C2H7NO.4ClH/c4*3-1-2-4;;;;/h4*4H,1-3H2;4*1H. The van der Waals surface area contributed by atoms with E-state index in [1.807, 2.05) is 0 Å². The molecule has 0 heterocycles. The molecule has 136 valence electrons. The van der Waals surface area contributed by atoms with Crippen LogP contribution in [0.15, 0.2) is 0 Å². The van der Waals surface area contributed by atoms with Gasteiger partial charge >= 0.3 is 0 Å². The van der Waals surface area contributed by atoms with E-state index in [4.69, 9.17) is 20.4 Å². The third kappa shape index (κ3) is 256. The van der Waals surface area contributed by atoms with Gasteiger partial charge in [-0.05, 0) is 0 Å². The molecule has 16 N–H and O–H groups in total. The molecule has 0 rings (SSSR count). The van der Waals surface area contributed by atoms with Gasteiger partial charge in [-0.2, -0.15) is 0 Å². The van der Waals surface area contributed by atoms with Gasteiger partial charge in [0.15, 0.2) is 0 Å². The van der Waals surface area contributed by atoms with Crippen molar-refractivity contribution < 1.29 is 93.0 Å². The van der Waals surface area contributed by atoms with Crippen LogP contribution in [0.4, 0.5) is 0 Å². The molecule has 0 aromatic carbocycles. The van der Waals surface area contributed by atoms with Gasteiger partial charge in [0.1, 0.15) is 0 Å². The summed E-state index contributed by atoms with van der Waals surface area (Å²) < 4.78 is 0. The minimum Gasteiger partial charge on any atom is -1.00 e. The highest BCUT2D eigenvalue weighted by Gasteiger charge is 1.61. The average molecular weight is 390 g/mol. The summed E-state index contributed by atoms with van der Waals surface area (Å²) in [5.74, 6) is 0. The lowest BCUT2D eigenvalue weighted by molar-refractivity contribution is -0.372. The van der Waals surface area contributed by atoms with Crippen molar-refractivity contribution in [1.29, 1.82) is 0 Å². The minimum absolute atomic E-state index is 0. The van der Waals surface area contributed by atoms with E-state index in [1.165, 1.54) is 0 Å². The summed E-state index contributed by atoms with van der Waals surface area (Å²) in [5.41, 5.74) is 13.4. The van der Waals surface area contributed by atoms with E-state index in [0.717, 1.165) is 0 Å². The number of aliphatic hydroxyl groups excluding tert-OH is 4. The van der Waals surface area contributed by atoms with Gasteiger partial charge in [0, 0.05) is 0 Å². The molecule has 0 aromatic rings. The van der Waals surface area contributed by atoms with Gasteiger partial charge in [-0.1, -0.05) is 0 Å². The zero-order valence-electron chi connectivity index (χ0n) is 11.8. The number of hydrogen-bond donors (Lipinski definition) is 8. The summed E-state index contributed by atoms with van der Waals surface area (Å²) in [6.07, 6.45) is 0. The Morgan fingerprint density at radius 3 is 0.450 bits per heavy atom. The van der Waals surface area contributed by atoms with Gasteiger partial charge in [0.25, 0.3) is 0 Å². The van der Waals surface area contributed by atoms with Crippen molar-refractivity contribution in [3.63, 3.8) is 0 Å². The predicted octanol–water partition coefficient (Wildman–Crippen LogP) is -19.1. The van der Waals surface area contributed by atoms with Gasteiger partial charge in [0.05, 0.1) is 52.6 Å². The summed E-state index contributed by atoms with van der Waals surface area (Å²) in [6, 6.07) is 0. The van der Waals surface area contributed by atoms with Crippen molar-refractivity contribution in [2.24, 2.45) is 0 Å². The predicted molar refractivity (Wildman–Crippen MR) is 59.4 cm³/mol. The lowest BCUT2D eigenvalue weighted by Crippen LogP contribution is -3.00. The molecule has 0 fully saturated rings. The maximum absolute atomic E-state index is 7.81. The zero-order chi connectivity index (χ0) is 13.7. The largest absolute Gasteiger partial charge is 1.00 e. The van der Waals surface area contributed by atoms with Crippen LogP contribution in [0, 0.1) is 0 Å². The first-order chi connectivity index (χ1) is 7.66. The Labute approximate surface area is 145 Å². The van der Waals surface area contributed by atoms with Crippen molar-refractivity contribution in [2.75, 3.05) is 52.6 Å². The first kappa shape index (κ1) is 49.8. The second-order valence-electron chi connectivity index (χ2n) is 2.31. The monoisotopic (exact) mass is 388 g/mol. The summed E-state index contributed by atoms with van der Waals surface area (Å²) in [6.45, 7) is 3.33. The first-order valence-electron chi connectivity index (χ1n) is 5.26. The van der Waals surface area contributed by atoms with Crippen molar-refractivity contribution in [1.82, 2.24) is 0 Å². The Balaban J connectivity index is -0.0000000150. The number of aliphatic hydroxyl groups is 4. The molecular weight excluding hydrogens is 358 g/mol. The van der Waals surface area contributed by atoms with Crippen LogP contribution in [-0.4, -0.2) is 73.0 Å². The summed E-state index contributed by atoms with van der Waals surface area (Å²) in [7, 11) is 0. The Morgan fingerprint density at radius 2 is 0.450 bits per heavy atom. The van der Waals surface area contributed by atoms with Gasteiger partial charge in [-0.3, -0.25) is 0 Å². The molecule has 0 saturated carbocycles. The SMILES string of the molecule is [Cl-].[Cl-].[Cl-].[Cl-].[NH3+]CCO.[NH3+]CCO.[NH3+]CCO.[NH3+]CCO. The quantitative estimate of drug-likeness (QED) is 0.237. The smallest absolute Gasteiger partial charge is 0.0974 e. The van der Waals surface area contributed by atoms with Gasteiger partial charge in [-0.15, -0.1) is 0 Å². The van der Waals surface area contributed by atoms with Gasteiger partial charge in [0.2, 0.25) is 0 Å². The third-order valence-corrected chi connectivity index (χ3v) is 0.632. The highest BCUT2D eigenvalue weighted by molar-refractivity contribution is 4.04. The molecule has 0 unspecified atom stereocenters. The van der Waals surface area contributed by atoms with Crippen molar-refractivity contribution in [3.05, 3.63) is 0 Å². The number of halogens is 4. The van der Waals surface area contributed by atoms with E-state index in [-0.39, 0.29) is 76.1 Å². The molecule has 0 aromatic heterocycles. The van der Waals surface area contributed by atoms with Crippen molar-refractivity contribution in [3.8, 4) is 0 Å². The molecule has 0 aliphatic carbocycles. The Morgan fingerprint density at radius 1 is 0.400 bits per heavy atom. The van der Waals surface area contributed by atoms with Crippen LogP contribution >= 0.6 is 0 Å². The molecule has 0 atom stereocenters. The maximum atomic E-state index is 7.81. The Bertz CT molecular complexity index is 62.4. The molecule has 0 saturated heterocycles. The van der Waals surface area contributed by atoms with E-state index in [9.17, 15) is 0 Å². The molecule has 0 aliphatic rings. The first-order valence-corrected chi connectivity index (χ1v) is 5.26. The number of quaternary nitrogens is 4. The Hall–Kier alpha value is 0.840. The van der Waals surface area contributed by atoms with Crippen LogP contribution in [0.2, 0.25) is 0 Å². The van der Waals surface area contributed by atoms with E-state index in [1.54, 1.807) is 0 Å². The molecule has 0 spiro atoms. The fourth-order valence-corrected chi connectivity index (χ4v) is 0. The van der Waals surface area contributed by atoms with Gasteiger partial charge < -0.3 is 93.0 Å². The normalized spacial score (nSPS) is 6.00. The summed E-state index contributed by atoms with van der Waals surface area (Å²) in [5, 5.41) is 31.2. The molecule has 0 radical (unpaired) electrons. The van der Waals surface area contributed by atoms with Crippen molar-refractivity contribution >= 4 is 0 Å². The Kier molecular flexibility index (Phi) is 224. The molecule has 0 aliphatic heterocycles. The molecule has 0 amide bonds. The van der Waals surface area contributed by atoms with Crippen LogP contribution in [0.5, 0.6) is 0 Å². The van der Waals surface area contributed by atoms with E-state index < -0.39 is 0 Å².